The number of halogens is 3. The molecule has 16 heavy (non-hydrogen) atoms. The van der Waals surface area contributed by atoms with E-state index < -0.39 is 17.7 Å². The molecule has 1 aromatic carbocycles. The van der Waals surface area contributed by atoms with Gasteiger partial charge in [0.2, 0.25) is 0 Å². The molecule has 0 bridgehead atoms. The largest absolute Gasteiger partial charge is 0.493 e. The predicted molar refractivity (Wildman–Crippen MR) is 58.2 cm³/mol. The third kappa shape index (κ3) is 3.31. The molecule has 6 heteroatoms. The summed E-state index contributed by atoms with van der Waals surface area (Å²) < 4.78 is 35.9. The molecule has 1 aromatic rings. The second kappa shape index (κ2) is 6.00. The highest BCUT2D eigenvalue weighted by atomic mass is 79.9. The molecule has 0 saturated carbocycles. The molecule has 1 atom stereocenters. The molecule has 0 fully saturated rings. The zero-order valence-electron chi connectivity index (χ0n) is 8.54. The zero-order chi connectivity index (χ0) is 12.1. The Labute approximate surface area is 100 Å². The van der Waals surface area contributed by atoms with Crippen LogP contribution in [-0.4, -0.2) is 30.3 Å². The van der Waals surface area contributed by atoms with Crippen LogP contribution in [0.2, 0.25) is 0 Å². The van der Waals surface area contributed by atoms with Crippen LogP contribution in [-0.2, 0) is 0 Å². The van der Waals surface area contributed by atoms with E-state index in [2.05, 4.69) is 15.9 Å². The second-order valence-corrected chi connectivity index (χ2v) is 3.69. The van der Waals surface area contributed by atoms with E-state index >= 15 is 0 Å². The van der Waals surface area contributed by atoms with Crippen molar-refractivity contribution in [2.75, 3.05) is 19.0 Å². The average molecular weight is 297 g/mol. The second-order valence-electron chi connectivity index (χ2n) is 3.04. The van der Waals surface area contributed by atoms with E-state index in [9.17, 15) is 13.9 Å². The number of rotatable bonds is 5. The fourth-order valence-electron chi connectivity index (χ4n) is 1.05. The van der Waals surface area contributed by atoms with Crippen molar-refractivity contribution in [3.05, 3.63) is 23.8 Å². The first-order valence-corrected chi connectivity index (χ1v) is 5.60. The maximum absolute atomic E-state index is 13.3. The molecule has 90 valence electrons. The number of benzene rings is 1. The maximum Gasteiger partial charge on any atom is 0.197 e. The fourth-order valence-corrected chi connectivity index (χ4v) is 1.24. The first-order valence-electron chi connectivity index (χ1n) is 4.48. The molecule has 0 heterocycles. The molecule has 0 aliphatic heterocycles. The van der Waals surface area contributed by atoms with Crippen LogP contribution in [0.5, 0.6) is 11.5 Å². The Hall–Kier alpha value is -0.880. The van der Waals surface area contributed by atoms with Crippen molar-refractivity contribution in [3.63, 3.8) is 0 Å². The van der Waals surface area contributed by atoms with E-state index in [1.807, 2.05) is 0 Å². The van der Waals surface area contributed by atoms with Gasteiger partial charge in [-0.1, -0.05) is 15.9 Å². The summed E-state index contributed by atoms with van der Waals surface area (Å²) in [5, 5.41) is 9.52. The van der Waals surface area contributed by atoms with Crippen LogP contribution in [0.1, 0.15) is 0 Å². The van der Waals surface area contributed by atoms with Gasteiger partial charge < -0.3 is 14.6 Å². The summed E-state index contributed by atoms with van der Waals surface area (Å²) in [7, 11) is 1.28. The Bertz CT molecular complexity index is 360. The molecular weight excluding hydrogens is 286 g/mol. The Morgan fingerprint density at radius 2 is 2.12 bits per heavy atom. The highest BCUT2D eigenvalue weighted by molar-refractivity contribution is 9.09. The van der Waals surface area contributed by atoms with Gasteiger partial charge in [0.25, 0.3) is 0 Å². The van der Waals surface area contributed by atoms with Gasteiger partial charge in [-0.15, -0.1) is 0 Å². The molecule has 1 N–H and O–H groups in total. The monoisotopic (exact) mass is 296 g/mol. The van der Waals surface area contributed by atoms with E-state index in [0.29, 0.717) is 11.4 Å². The predicted octanol–water partition coefficient (Wildman–Crippen LogP) is 2.11. The molecule has 1 rings (SSSR count). The number of alkyl halides is 1. The molecule has 0 aliphatic rings. The van der Waals surface area contributed by atoms with Gasteiger partial charge in [-0.3, -0.25) is 0 Å². The van der Waals surface area contributed by atoms with Crippen LogP contribution in [0.3, 0.4) is 0 Å². The lowest BCUT2D eigenvalue weighted by Crippen LogP contribution is -2.19. The minimum absolute atomic E-state index is 0.0423. The van der Waals surface area contributed by atoms with Gasteiger partial charge in [0, 0.05) is 17.5 Å². The third-order valence-electron chi connectivity index (χ3n) is 1.79. The number of ether oxygens (including phenoxy) is 2. The van der Waals surface area contributed by atoms with Crippen molar-refractivity contribution in [2.45, 2.75) is 6.10 Å². The molecule has 0 radical (unpaired) electrons. The van der Waals surface area contributed by atoms with Crippen molar-refractivity contribution < 1.29 is 23.4 Å². The highest BCUT2D eigenvalue weighted by Gasteiger charge is 2.14. The Kier molecular flexibility index (Phi) is 4.95. The standard InChI is InChI=1S/C10H11BrF2O3/c1-15-9-3-6(12)2-8(13)10(9)16-5-7(14)4-11/h2-3,7,14H,4-5H2,1H3. The highest BCUT2D eigenvalue weighted by Crippen LogP contribution is 2.31. The number of aliphatic hydroxyl groups is 1. The Morgan fingerprint density at radius 1 is 1.44 bits per heavy atom. The zero-order valence-corrected chi connectivity index (χ0v) is 10.1. The first-order chi connectivity index (χ1) is 7.58. The minimum Gasteiger partial charge on any atom is -0.493 e. The molecule has 0 amide bonds. The van der Waals surface area contributed by atoms with Gasteiger partial charge in [-0.05, 0) is 0 Å². The summed E-state index contributed by atoms with van der Waals surface area (Å²) >= 11 is 3.04. The van der Waals surface area contributed by atoms with Crippen molar-refractivity contribution in [1.82, 2.24) is 0 Å². The SMILES string of the molecule is COc1cc(F)cc(F)c1OCC(O)CBr. The fraction of sp³-hybridized carbons (Fsp3) is 0.400. The molecule has 1 unspecified atom stereocenters. The molecule has 0 saturated heterocycles. The van der Waals surface area contributed by atoms with E-state index in [4.69, 9.17) is 9.47 Å². The number of hydrogen-bond acceptors (Lipinski definition) is 3. The molecule has 0 aliphatic carbocycles. The Morgan fingerprint density at radius 3 is 2.69 bits per heavy atom. The van der Waals surface area contributed by atoms with Crippen LogP contribution in [0.15, 0.2) is 12.1 Å². The maximum atomic E-state index is 13.3. The van der Waals surface area contributed by atoms with Crippen LogP contribution < -0.4 is 9.47 Å². The summed E-state index contributed by atoms with van der Waals surface area (Å²) in [6, 6.07) is 1.71. The number of methoxy groups -OCH3 is 1. The van der Waals surface area contributed by atoms with E-state index in [-0.39, 0.29) is 18.1 Å². The lowest BCUT2D eigenvalue weighted by molar-refractivity contribution is 0.122. The van der Waals surface area contributed by atoms with Crippen LogP contribution in [0, 0.1) is 11.6 Å². The summed E-state index contributed by atoms with van der Waals surface area (Å²) in [5.41, 5.74) is 0. The molecule has 0 spiro atoms. The average Bonchev–Trinajstić information content (AvgIpc) is 2.26. The molecular formula is C10H11BrF2O3. The number of hydrogen-bond donors (Lipinski definition) is 1. The van der Waals surface area contributed by atoms with Gasteiger partial charge in [0.15, 0.2) is 17.3 Å². The lowest BCUT2D eigenvalue weighted by Gasteiger charge is -2.13. The van der Waals surface area contributed by atoms with Crippen LogP contribution >= 0.6 is 15.9 Å². The quantitative estimate of drug-likeness (QED) is 0.846. The topological polar surface area (TPSA) is 38.7 Å². The molecule has 0 aromatic heterocycles. The summed E-state index contributed by atoms with van der Waals surface area (Å²) in [6.45, 7) is -0.107. The minimum atomic E-state index is -0.862. The van der Waals surface area contributed by atoms with Gasteiger partial charge >= 0.3 is 0 Å². The first kappa shape index (κ1) is 13.2. The van der Waals surface area contributed by atoms with Crippen molar-refractivity contribution >= 4 is 15.9 Å². The van der Waals surface area contributed by atoms with Gasteiger partial charge in [-0.25, -0.2) is 8.78 Å². The number of aliphatic hydroxyl groups excluding tert-OH is 1. The van der Waals surface area contributed by atoms with Crippen LogP contribution in [0.4, 0.5) is 8.78 Å². The molecule has 3 nitrogen and oxygen atoms in total. The van der Waals surface area contributed by atoms with Crippen molar-refractivity contribution in [1.29, 1.82) is 0 Å². The van der Waals surface area contributed by atoms with Crippen molar-refractivity contribution in [2.24, 2.45) is 0 Å². The van der Waals surface area contributed by atoms with E-state index in [1.165, 1.54) is 7.11 Å². The third-order valence-corrected chi connectivity index (χ3v) is 2.54. The summed E-state index contributed by atoms with van der Waals surface area (Å²) in [5.74, 6) is -1.86. The van der Waals surface area contributed by atoms with Gasteiger partial charge in [0.05, 0.1) is 13.2 Å². The normalized spacial score (nSPS) is 12.3. The van der Waals surface area contributed by atoms with Gasteiger partial charge in [-0.2, -0.15) is 0 Å². The van der Waals surface area contributed by atoms with Gasteiger partial charge in [0.1, 0.15) is 12.4 Å². The lowest BCUT2D eigenvalue weighted by atomic mass is 10.3. The van der Waals surface area contributed by atoms with Crippen molar-refractivity contribution in [3.8, 4) is 11.5 Å². The summed E-state index contributed by atoms with van der Waals surface area (Å²) in [4.78, 5) is 0. The van der Waals surface area contributed by atoms with E-state index in [1.54, 1.807) is 0 Å². The van der Waals surface area contributed by atoms with Crippen LogP contribution in [0.25, 0.3) is 0 Å². The van der Waals surface area contributed by atoms with E-state index in [0.717, 1.165) is 6.07 Å². The smallest absolute Gasteiger partial charge is 0.197 e. The summed E-state index contributed by atoms with van der Waals surface area (Å²) in [6.07, 6.45) is -0.769. The Balaban J connectivity index is 2.85.